The first-order chi connectivity index (χ1) is 12.2. The highest BCUT2D eigenvalue weighted by Crippen LogP contribution is 2.20. The molecular formula is C20H27N3O3. The molecule has 0 unspecified atom stereocenters. The van der Waals surface area contributed by atoms with Gasteiger partial charge in [0.05, 0.1) is 29.6 Å². The van der Waals surface area contributed by atoms with Gasteiger partial charge in [0.25, 0.3) is 5.91 Å². The third kappa shape index (κ3) is 4.50. The summed E-state index contributed by atoms with van der Waals surface area (Å²) in [7, 11) is 0. The summed E-state index contributed by atoms with van der Waals surface area (Å²) in [5.74, 6) is -0.828. The number of amides is 1. The van der Waals surface area contributed by atoms with E-state index in [1.807, 2.05) is 52.8 Å². The number of carboxylic acid groups (broad SMARTS) is 1. The zero-order chi connectivity index (χ0) is 19.4. The Balaban J connectivity index is 2.35. The van der Waals surface area contributed by atoms with E-state index in [1.165, 1.54) is 0 Å². The zero-order valence-corrected chi connectivity index (χ0v) is 16.1. The van der Waals surface area contributed by atoms with Crippen molar-refractivity contribution in [2.75, 3.05) is 13.1 Å². The van der Waals surface area contributed by atoms with Crippen LogP contribution >= 0.6 is 0 Å². The van der Waals surface area contributed by atoms with Gasteiger partial charge >= 0.3 is 5.97 Å². The molecule has 1 aromatic heterocycles. The van der Waals surface area contributed by atoms with Crippen LogP contribution in [0.15, 0.2) is 24.4 Å². The van der Waals surface area contributed by atoms with Gasteiger partial charge in [-0.05, 0) is 43.9 Å². The van der Waals surface area contributed by atoms with Gasteiger partial charge in [-0.3, -0.25) is 9.59 Å². The number of aromatic nitrogens is 2. The van der Waals surface area contributed by atoms with Gasteiger partial charge < -0.3 is 10.0 Å². The summed E-state index contributed by atoms with van der Waals surface area (Å²) in [6.07, 6.45) is 1.51. The largest absolute Gasteiger partial charge is 0.481 e. The van der Waals surface area contributed by atoms with Crippen LogP contribution in [-0.2, 0) is 4.79 Å². The molecule has 1 heterocycles. The van der Waals surface area contributed by atoms with Gasteiger partial charge in [-0.25, -0.2) is 4.68 Å². The molecule has 26 heavy (non-hydrogen) atoms. The Morgan fingerprint density at radius 3 is 2.54 bits per heavy atom. The molecule has 0 atom stereocenters. The molecule has 0 aliphatic heterocycles. The van der Waals surface area contributed by atoms with E-state index in [-0.39, 0.29) is 24.8 Å². The summed E-state index contributed by atoms with van der Waals surface area (Å²) >= 11 is 0. The van der Waals surface area contributed by atoms with Gasteiger partial charge in [0.1, 0.15) is 0 Å². The van der Waals surface area contributed by atoms with Crippen LogP contribution in [0.3, 0.4) is 0 Å². The van der Waals surface area contributed by atoms with E-state index in [4.69, 9.17) is 5.11 Å². The molecule has 2 rings (SSSR count). The lowest BCUT2D eigenvalue weighted by molar-refractivity contribution is -0.137. The molecule has 1 amide bonds. The van der Waals surface area contributed by atoms with Gasteiger partial charge in [-0.15, -0.1) is 0 Å². The molecule has 0 aliphatic carbocycles. The van der Waals surface area contributed by atoms with E-state index in [2.05, 4.69) is 5.10 Å². The fourth-order valence-corrected chi connectivity index (χ4v) is 2.93. The minimum Gasteiger partial charge on any atom is -0.481 e. The van der Waals surface area contributed by atoms with Crippen LogP contribution in [0.1, 0.15) is 47.4 Å². The molecule has 0 bridgehead atoms. The van der Waals surface area contributed by atoms with Crippen LogP contribution in [0, 0.1) is 26.7 Å². The number of benzene rings is 1. The molecular weight excluding hydrogens is 330 g/mol. The molecule has 6 nitrogen and oxygen atoms in total. The number of hydrogen-bond acceptors (Lipinski definition) is 3. The topological polar surface area (TPSA) is 75.4 Å². The second-order valence-corrected chi connectivity index (χ2v) is 7.13. The van der Waals surface area contributed by atoms with Gasteiger partial charge in [0.2, 0.25) is 0 Å². The Morgan fingerprint density at radius 2 is 1.92 bits per heavy atom. The third-order valence-electron chi connectivity index (χ3n) is 4.30. The van der Waals surface area contributed by atoms with Crippen molar-refractivity contribution in [2.24, 2.45) is 5.92 Å². The van der Waals surface area contributed by atoms with Gasteiger partial charge in [0.15, 0.2) is 0 Å². The number of aryl methyl sites for hydroxylation is 2. The van der Waals surface area contributed by atoms with Crippen LogP contribution in [-0.4, -0.2) is 44.8 Å². The van der Waals surface area contributed by atoms with Crippen molar-refractivity contribution in [3.63, 3.8) is 0 Å². The Morgan fingerprint density at radius 1 is 1.23 bits per heavy atom. The molecule has 2 aromatic rings. The summed E-state index contributed by atoms with van der Waals surface area (Å²) in [5.41, 5.74) is 4.41. The van der Waals surface area contributed by atoms with Crippen molar-refractivity contribution in [1.29, 1.82) is 0 Å². The van der Waals surface area contributed by atoms with Gasteiger partial charge in [-0.2, -0.15) is 5.10 Å². The van der Waals surface area contributed by atoms with Crippen molar-refractivity contribution in [3.8, 4) is 5.69 Å². The average Bonchev–Trinajstić information content (AvgIpc) is 2.94. The van der Waals surface area contributed by atoms with Crippen LogP contribution in [0.2, 0.25) is 0 Å². The molecule has 0 fully saturated rings. The quantitative estimate of drug-likeness (QED) is 0.824. The molecule has 1 aromatic carbocycles. The van der Waals surface area contributed by atoms with Gasteiger partial charge in [-0.1, -0.05) is 26.0 Å². The minimum atomic E-state index is -0.908. The predicted octanol–water partition coefficient (Wildman–Crippen LogP) is 3.37. The highest BCUT2D eigenvalue weighted by atomic mass is 16.4. The molecule has 0 saturated carbocycles. The molecule has 0 saturated heterocycles. The lowest BCUT2D eigenvalue weighted by Gasteiger charge is -2.24. The molecule has 140 valence electrons. The van der Waals surface area contributed by atoms with Crippen LogP contribution in [0.5, 0.6) is 0 Å². The lowest BCUT2D eigenvalue weighted by Crippen LogP contribution is -2.36. The minimum absolute atomic E-state index is 0.0668. The normalized spacial score (nSPS) is 11.0. The van der Waals surface area contributed by atoms with E-state index < -0.39 is 5.97 Å². The second kappa shape index (κ2) is 8.17. The van der Waals surface area contributed by atoms with Crippen LogP contribution in [0.25, 0.3) is 5.69 Å². The number of rotatable bonds is 7. The van der Waals surface area contributed by atoms with Crippen LogP contribution in [0.4, 0.5) is 0 Å². The maximum Gasteiger partial charge on any atom is 0.305 e. The highest BCUT2D eigenvalue weighted by molar-refractivity contribution is 5.95. The van der Waals surface area contributed by atoms with Crippen molar-refractivity contribution >= 4 is 11.9 Å². The average molecular weight is 357 g/mol. The first-order valence-electron chi connectivity index (χ1n) is 8.84. The van der Waals surface area contributed by atoms with Crippen LogP contribution < -0.4 is 0 Å². The molecule has 6 heteroatoms. The monoisotopic (exact) mass is 357 g/mol. The number of hydrogen-bond donors (Lipinski definition) is 1. The van der Waals surface area contributed by atoms with Gasteiger partial charge in [0, 0.05) is 13.1 Å². The Hall–Kier alpha value is -2.63. The maximum atomic E-state index is 13.0. The Labute approximate surface area is 154 Å². The maximum absolute atomic E-state index is 13.0. The smallest absolute Gasteiger partial charge is 0.305 e. The first-order valence-corrected chi connectivity index (χ1v) is 8.84. The van der Waals surface area contributed by atoms with Crippen molar-refractivity contribution in [1.82, 2.24) is 14.7 Å². The highest BCUT2D eigenvalue weighted by Gasteiger charge is 2.22. The van der Waals surface area contributed by atoms with E-state index in [0.717, 1.165) is 22.5 Å². The number of carbonyl (C=O) groups is 2. The van der Waals surface area contributed by atoms with Crippen molar-refractivity contribution in [2.45, 2.75) is 41.0 Å². The second-order valence-electron chi connectivity index (χ2n) is 7.13. The number of nitrogens with zero attached hydrogens (tertiary/aromatic N) is 3. The van der Waals surface area contributed by atoms with E-state index in [0.29, 0.717) is 12.1 Å². The Kier molecular flexibility index (Phi) is 6.18. The fourth-order valence-electron chi connectivity index (χ4n) is 2.93. The third-order valence-corrected chi connectivity index (χ3v) is 4.30. The summed E-state index contributed by atoms with van der Waals surface area (Å²) in [6.45, 7) is 10.6. The number of carboxylic acids is 1. The molecule has 0 radical (unpaired) electrons. The summed E-state index contributed by atoms with van der Waals surface area (Å²) in [6, 6.07) is 6.12. The number of carbonyl (C=O) groups excluding carboxylic acids is 1. The standard InChI is InChI=1S/C20H27N3O3/c1-13(2)12-22(9-8-19(24)25)20(26)17-11-21-23(16(17)5)18-10-14(3)6-7-15(18)4/h6-7,10-11,13H,8-9,12H2,1-5H3,(H,24,25). The first kappa shape index (κ1) is 19.7. The SMILES string of the molecule is Cc1ccc(C)c(-n2ncc(C(=O)N(CCC(=O)O)CC(C)C)c2C)c1. The molecule has 0 spiro atoms. The summed E-state index contributed by atoms with van der Waals surface area (Å²) < 4.78 is 1.78. The lowest BCUT2D eigenvalue weighted by atomic mass is 10.1. The van der Waals surface area contributed by atoms with E-state index in [1.54, 1.807) is 15.8 Å². The fraction of sp³-hybridized carbons (Fsp3) is 0.450. The summed E-state index contributed by atoms with van der Waals surface area (Å²) in [4.78, 5) is 25.5. The summed E-state index contributed by atoms with van der Waals surface area (Å²) in [5, 5.41) is 13.4. The Bertz CT molecular complexity index is 809. The molecule has 0 aliphatic rings. The van der Waals surface area contributed by atoms with E-state index in [9.17, 15) is 9.59 Å². The predicted molar refractivity (Wildman–Crippen MR) is 101 cm³/mol. The number of aliphatic carboxylic acids is 1. The zero-order valence-electron chi connectivity index (χ0n) is 16.1. The van der Waals surface area contributed by atoms with Crippen molar-refractivity contribution < 1.29 is 14.7 Å². The van der Waals surface area contributed by atoms with E-state index >= 15 is 0 Å². The van der Waals surface area contributed by atoms with Crippen molar-refractivity contribution in [3.05, 3.63) is 46.8 Å². The molecule has 1 N–H and O–H groups in total.